The average molecular weight is 755 g/mol. The lowest BCUT2D eigenvalue weighted by atomic mass is 10.1. The van der Waals surface area contributed by atoms with Gasteiger partial charge in [-0.2, -0.15) is 0 Å². The Morgan fingerprint density at radius 1 is 0.596 bits per heavy atom. The van der Waals surface area contributed by atoms with Crippen molar-refractivity contribution in [3.63, 3.8) is 0 Å². The number of phosphoric acid groups is 1. The largest absolute Gasteiger partial charge is 0.472 e. The predicted octanol–water partition coefficient (Wildman–Crippen LogP) is 11.1. The van der Waals surface area contributed by atoms with Crippen molar-refractivity contribution in [3.8, 4) is 0 Å². The van der Waals surface area contributed by atoms with Crippen molar-refractivity contribution >= 4 is 19.8 Å². The van der Waals surface area contributed by atoms with E-state index in [1.54, 1.807) is 0 Å². The Morgan fingerprint density at radius 3 is 1.67 bits per heavy atom. The van der Waals surface area contributed by atoms with Gasteiger partial charge in [-0.25, -0.2) is 4.57 Å². The summed E-state index contributed by atoms with van der Waals surface area (Å²) in [6.45, 7) is 4.29. The molecule has 0 aliphatic rings. The van der Waals surface area contributed by atoms with E-state index in [0.717, 1.165) is 70.6 Å². The first-order chi connectivity index (χ1) is 25.0. The molecule has 52 heavy (non-hydrogen) atoms. The molecular weight excluding hydrogens is 677 g/mol. The summed E-state index contributed by atoms with van der Waals surface area (Å²) in [5.41, 5.74) is 0. The maximum absolute atomic E-state index is 12.6. The normalized spacial score (nSPS) is 14.2. The maximum atomic E-state index is 12.6. The van der Waals surface area contributed by atoms with Crippen LogP contribution in [0.25, 0.3) is 0 Å². The summed E-state index contributed by atoms with van der Waals surface area (Å²) in [5, 5.41) is 0. The van der Waals surface area contributed by atoms with E-state index in [4.69, 9.17) is 18.5 Å². The van der Waals surface area contributed by atoms with E-state index in [-0.39, 0.29) is 26.1 Å². The van der Waals surface area contributed by atoms with Crippen molar-refractivity contribution in [1.82, 2.24) is 0 Å². The molecule has 0 spiro atoms. The molecule has 1 unspecified atom stereocenters. The van der Waals surface area contributed by atoms with Crippen LogP contribution in [0.3, 0.4) is 0 Å². The first kappa shape index (κ1) is 50.0. The molecule has 0 bridgehead atoms. The van der Waals surface area contributed by atoms with Gasteiger partial charge in [0.1, 0.15) is 19.8 Å². The van der Waals surface area contributed by atoms with Crippen molar-refractivity contribution < 1.29 is 42.1 Å². The third-order valence-electron chi connectivity index (χ3n) is 8.33. The van der Waals surface area contributed by atoms with Crippen LogP contribution >= 0.6 is 7.82 Å². The van der Waals surface area contributed by atoms with Gasteiger partial charge in [0.15, 0.2) is 6.10 Å². The molecule has 0 fully saturated rings. The number of carbonyl (C=O) groups is 2. The van der Waals surface area contributed by atoms with Crippen LogP contribution in [-0.4, -0.2) is 74.9 Å². The smallest absolute Gasteiger partial charge is 0.462 e. The summed E-state index contributed by atoms with van der Waals surface area (Å²) in [6.07, 6.45) is 38.8. The van der Waals surface area contributed by atoms with Crippen LogP contribution in [0.1, 0.15) is 155 Å². The molecule has 0 aromatic rings. The first-order valence-electron chi connectivity index (χ1n) is 20.4. The molecule has 0 aromatic carbocycles. The topological polar surface area (TPSA) is 108 Å². The molecule has 10 heteroatoms. The van der Waals surface area contributed by atoms with E-state index in [1.165, 1.54) is 51.4 Å². The standard InChI is InChI=1S/C42H76NO8P/c1-6-8-10-12-14-16-18-19-20-21-22-23-25-27-29-31-33-35-42(45)51-40(39-50-52(46,47)49-37-36-43(3,4)5)38-48-41(44)34-32-30-28-26-24-17-15-13-11-9-7-2/h13,15,19-20,22-23,27,29,40H,6-12,14,16-18,21,24-26,28,30-39H2,1-5H3/p+1/b15-13+,20-19+,23-22+,29-27+/t40-/m1/s1. The number of allylic oxidation sites excluding steroid dienone is 8. The van der Waals surface area contributed by atoms with Crippen molar-refractivity contribution in [3.05, 3.63) is 48.6 Å². The minimum Gasteiger partial charge on any atom is -0.462 e. The van der Waals surface area contributed by atoms with Gasteiger partial charge in [-0.3, -0.25) is 18.6 Å². The lowest BCUT2D eigenvalue weighted by Crippen LogP contribution is -2.37. The number of nitrogens with zero attached hydrogens (tertiary/aromatic N) is 1. The van der Waals surface area contributed by atoms with E-state index in [2.05, 4.69) is 62.5 Å². The molecule has 0 saturated carbocycles. The van der Waals surface area contributed by atoms with Crippen LogP contribution in [-0.2, 0) is 32.7 Å². The molecule has 0 rings (SSSR count). The number of carbonyl (C=O) groups excluding carboxylic acids is 2. The second-order valence-corrected chi connectivity index (χ2v) is 16.1. The summed E-state index contributed by atoms with van der Waals surface area (Å²) >= 11 is 0. The number of likely N-dealkylation sites (N-methyl/N-ethyl adjacent to an activating group) is 1. The Hall–Kier alpha value is -2.03. The molecule has 0 aliphatic heterocycles. The highest BCUT2D eigenvalue weighted by Gasteiger charge is 2.27. The van der Waals surface area contributed by atoms with Crippen molar-refractivity contribution in [2.45, 2.75) is 161 Å². The Balaban J connectivity index is 4.51. The second kappa shape index (κ2) is 34.7. The van der Waals surface area contributed by atoms with Crippen LogP contribution in [0.4, 0.5) is 0 Å². The number of unbranched alkanes of at least 4 members (excludes halogenated alkanes) is 14. The van der Waals surface area contributed by atoms with Gasteiger partial charge in [0.05, 0.1) is 27.7 Å². The van der Waals surface area contributed by atoms with Crippen molar-refractivity contribution in [2.24, 2.45) is 0 Å². The highest BCUT2D eigenvalue weighted by molar-refractivity contribution is 7.47. The Kier molecular flexibility index (Phi) is 33.4. The quantitative estimate of drug-likeness (QED) is 0.0221. The van der Waals surface area contributed by atoms with Crippen LogP contribution in [0.2, 0.25) is 0 Å². The molecule has 0 amide bonds. The Labute approximate surface area is 318 Å². The number of hydrogen-bond acceptors (Lipinski definition) is 7. The maximum Gasteiger partial charge on any atom is 0.472 e. The fourth-order valence-corrected chi connectivity index (χ4v) is 5.81. The lowest BCUT2D eigenvalue weighted by molar-refractivity contribution is -0.870. The van der Waals surface area contributed by atoms with Gasteiger partial charge in [-0.1, -0.05) is 127 Å². The number of esters is 2. The molecule has 0 heterocycles. The van der Waals surface area contributed by atoms with Gasteiger partial charge < -0.3 is 18.9 Å². The van der Waals surface area contributed by atoms with Gasteiger partial charge in [0, 0.05) is 12.8 Å². The van der Waals surface area contributed by atoms with Gasteiger partial charge in [-0.05, 0) is 64.2 Å². The molecule has 1 N–H and O–H groups in total. The number of ether oxygens (including phenoxy) is 2. The van der Waals surface area contributed by atoms with Crippen LogP contribution in [0.5, 0.6) is 0 Å². The third-order valence-corrected chi connectivity index (χ3v) is 9.32. The fourth-order valence-electron chi connectivity index (χ4n) is 5.07. The van der Waals surface area contributed by atoms with E-state index in [9.17, 15) is 19.0 Å². The third kappa shape index (κ3) is 37.7. The molecular formula is C42H77NO8P+. The molecule has 9 nitrogen and oxygen atoms in total. The second-order valence-electron chi connectivity index (χ2n) is 14.7. The minimum atomic E-state index is -4.38. The van der Waals surface area contributed by atoms with Crippen LogP contribution in [0, 0.1) is 0 Å². The van der Waals surface area contributed by atoms with Crippen molar-refractivity contribution in [1.29, 1.82) is 0 Å². The van der Waals surface area contributed by atoms with Gasteiger partial charge in [0.2, 0.25) is 0 Å². The number of phosphoric ester groups is 1. The van der Waals surface area contributed by atoms with E-state index < -0.39 is 32.5 Å². The zero-order valence-corrected chi connectivity index (χ0v) is 34.7. The minimum absolute atomic E-state index is 0.0199. The monoisotopic (exact) mass is 755 g/mol. The van der Waals surface area contributed by atoms with E-state index >= 15 is 0 Å². The van der Waals surface area contributed by atoms with Crippen LogP contribution < -0.4 is 0 Å². The fraction of sp³-hybridized carbons (Fsp3) is 0.762. The highest BCUT2D eigenvalue weighted by Crippen LogP contribution is 2.43. The average Bonchev–Trinajstić information content (AvgIpc) is 3.09. The van der Waals surface area contributed by atoms with E-state index in [0.29, 0.717) is 17.4 Å². The summed E-state index contributed by atoms with van der Waals surface area (Å²) in [6, 6.07) is 0. The molecule has 302 valence electrons. The summed E-state index contributed by atoms with van der Waals surface area (Å²) in [4.78, 5) is 35.2. The SMILES string of the molecule is CCCC/C=C/CCCCCCCC(=O)OC[C@H](COP(=O)(O)OCC[N+](C)(C)C)OC(=O)CCC/C=C/C/C=C/C/C=C/CCCCCCCC. The number of quaternary nitrogens is 1. The molecule has 2 atom stereocenters. The number of rotatable bonds is 36. The van der Waals surface area contributed by atoms with E-state index in [1.807, 2.05) is 21.1 Å². The Bertz CT molecular complexity index is 1030. The zero-order valence-electron chi connectivity index (χ0n) is 33.8. The summed E-state index contributed by atoms with van der Waals surface area (Å²) in [5.74, 6) is -0.876. The van der Waals surface area contributed by atoms with Crippen LogP contribution in [0.15, 0.2) is 48.6 Å². The zero-order chi connectivity index (χ0) is 38.6. The first-order valence-corrected chi connectivity index (χ1v) is 21.9. The molecule has 0 aromatic heterocycles. The summed E-state index contributed by atoms with van der Waals surface area (Å²) < 4.78 is 34.1. The molecule has 0 saturated heterocycles. The Morgan fingerprint density at radius 2 is 1.08 bits per heavy atom. The molecule has 0 aliphatic carbocycles. The van der Waals surface area contributed by atoms with Crippen molar-refractivity contribution in [2.75, 3.05) is 47.5 Å². The number of hydrogen-bond donors (Lipinski definition) is 1. The summed E-state index contributed by atoms with van der Waals surface area (Å²) in [7, 11) is 1.43. The van der Waals surface area contributed by atoms with Gasteiger partial charge in [0.25, 0.3) is 0 Å². The lowest BCUT2D eigenvalue weighted by Gasteiger charge is -2.24. The van der Waals surface area contributed by atoms with Gasteiger partial charge >= 0.3 is 19.8 Å². The highest BCUT2D eigenvalue weighted by atomic mass is 31.2. The molecule has 0 radical (unpaired) electrons. The predicted molar refractivity (Wildman–Crippen MR) is 215 cm³/mol. The van der Waals surface area contributed by atoms with Gasteiger partial charge in [-0.15, -0.1) is 0 Å².